The van der Waals surface area contributed by atoms with E-state index in [1.54, 1.807) is 6.92 Å². The van der Waals surface area contributed by atoms with Crippen molar-refractivity contribution in [3.63, 3.8) is 0 Å². The zero-order valence-electron chi connectivity index (χ0n) is 9.42. The highest BCUT2D eigenvalue weighted by atomic mass is 35.5. The van der Waals surface area contributed by atoms with Crippen LogP contribution < -0.4 is 5.43 Å². The van der Waals surface area contributed by atoms with Gasteiger partial charge in [0.15, 0.2) is 0 Å². The van der Waals surface area contributed by atoms with Crippen LogP contribution in [0.2, 0.25) is 5.02 Å². The monoisotopic (exact) mass is 269 g/mol. The van der Waals surface area contributed by atoms with E-state index in [2.05, 4.69) is 4.98 Å². The molecule has 0 saturated carbocycles. The summed E-state index contributed by atoms with van der Waals surface area (Å²) in [5, 5.41) is 0.0287. The van der Waals surface area contributed by atoms with E-state index in [9.17, 15) is 14.0 Å². The van der Waals surface area contributed by atoms with E-state index in [0.717, 1.165) is 12.3 Å². The van der Waals surface area contributed by atoms with Gasteiger partial charge in [0.2, 0.25) is 5.43 Å². The van der Waals surface area contributed by atoms with Crippen molar-refractivity contribution in [2.24, 2.45) is 0 Å². The van der Waals surface area contributed by atoms with Crippen LogP contribution in [0.25, 0.3) is 10.9 Å². The molecule has 1 N–H and O–H groups in total. The van der Waals surface area contributed by atoms with Crippen molar-refractivity contribution in [3.05, 3.63) is 45.0 Å². The van der Waals surface area contributed by atoms with Gasteiger partial charge in [-0.25, -0.2) is 9.18 Å². The number of aromatic nitrogens is 1. The number of carbonyl (C=O) groups is 1. The highest BCUT2D eigenvalue weighted by Crippen LogP contribution is 2.21. The number of rotatable bonds is 2. The Balaban J connectivity index is 2.76. The van der Waals surface area contributed by atoms with Crippen molar-refractivity contribution < 1.29 is 13.9 Å². The number of nitrogens with one attached hydrogen (secondary N) is 1. The minimum Gasteiger partial charge on any atom is -0.462 e. The van der Waals surface area contributed by atoms with E-state index in [4.69, 9.17) is 16.3 Å². The molecule has 0 aliphatic carbocycles. The van der Waals surface area contributed by atoms with Crippen LogP contribution in [0.5, 0.6) is 0 Å². The molecule has 0 aliphatic rings. The Bertz CT molecular complexity index is 681. The number of aromatic amines is 1. The third-order valence-electron chi connectivity index (χ3n) is 2.43. The maximum Gasteiger partial charge on any atom is 0.343 e. The maximum absolute atomic E-state index is 13.5. The molecule has 0 fully saturated rings. The molecule has 4 nitrogen and oxygen atoms in total. The number of benzene rings is 1. The van der Waals surface area contributed by atoms with Gasteiger partial charge >= 0.3 is 5.97 Å². The van der Waals surface area contributed by atoms with Gasteiger partial charge in [-0.3, -0.25) is 4.79 Å². The lowest BCUT2D eigenvalue weighted by molar-refractivity contribution is 0.0524. The second kappa shape index (κ2) is 4.78. The van der Waals surface area contributed by atoms with E-state index in [-0.39, 0.29) is 28.1 Å². The molecule has 0 atom stereocenters. The summed E-state index contributed by atoms with van der Waals surface area (Å²) in [7, 11) is 0. The first-order valence-corrected chi connectivity index (χ1v) is 5.60. The van der Waals surface area contributed by atoms with E-state index in [0.29, 0.717) is 0 Å². The summed E-state index contributed by atoms with van der Waals surface area (Å²) in [6.07, 6.45) is 1.13. The van der Waals surface area contributed by atoms with Gasteiger partial charge in [0.05, 0.1) is 22.5 Å². The number of fused-ring (bicyclic) bond motifs is 1. The van der Waals surface area contributed by atoms with Crippen molar-refractivity contribution in [1.29, 1.82) is 0 Å². The molecular formula is C12H9ClFNO3. The Morgan fingerprint density at radius 1 is 1.50 bits per heavy atom. The Morgan fingerprint density at radius 2 is 2.22 bits per heavy atom. The molecule has 2 rings (SSSR count). The van der Waals surface area contributed by atoms with E-state index in [1.807, 2.05) is 0 Å². The number of halogens is 2. The van der Waals surface area contributed by atoms with Crippen LogP contribution in [0, 0.1) is 5.82 Å². The number of pyridine rings is 1. The Morgan fingerprint density at radius 3 is 2.89 bits per heavy atom. The van der Waals surface area contributed by atoms with Gasteiger partial charge in [-0.2, -0.15) is 0 Å². The summed E-state index contributed by atoms with van der Waals surface area (Å²) in [5.74, 6) is -1.37. The third-order valence-corrected chi connectivity index (χ3v) is 2.75. The number of esters is 1. The average molecular weight is 270 g/mol. The van der Waals surface area contributed by atoms with Crippen LogP contribution in [0.4, 0.5) is 4.39 Å². The minimum atomic E-state index is -0.763. The van der Waals surface area contributed by atoms with Crippen LogP contribution in [-0.4, -0.2) is 17.6 Å². The zero-order chi connectivity index (χ0) is 13.3. The first-order valence-electron chi connectivity index (χ1n) is 5.22. The summed E-state index contributed by atoms with van der Waals surface area (Å²) < 4.78 is 18.2. The van der Waals surface area contributed by atoms with Crippen LogP contribution in [0.15, 0.2) is 23.1 Å². The van der Waals surface area contributed by atoms with Gasteiger partial charge in [-0.1, -0.05) is 11.6 Å². The van der Waals surface area contributed by atoms with E-state index >= 15 is 0 Å². The summed E-state index contributed by atoms with van der Waals surface area (Å²) in [4.78, 5) is 26.1. The van der Waals surface area contributed by atoms with Gasteiger partial charge in [0.25, 0.3) is 0 Å². The zero-order valence-corrected chi connectivity index (χ0v) is 10.2. The van der Waals surface area contributed by atoms with Gasteiger partial charge in [-0.15, -0.1) is 0 Å². The van der Waals surface area contributed by atoms with Crippen LogP contribution in [-0.2, 0) is 4.74 Å². The summed E-state index contributed by atoms with van der Waals surface area (Å²) in [6, 6.07) is 2.41. The van der Waals surface area contributed by atoms with Gasteiger partial charge < -0.3 is 9.72 Å². The molecule has 2 aromatic rings. The Kier molecular flexibility index (Phi) is 3.34. The molecule has 1 aromatic heterocycles. The minimum absolute atomic E-state index is 0.0273. The molecule has 0 aliphatic heterocycles. The van der Waals surface area contributed by atoms with Crippen LogP contribution in [0.3, 0.4) is 0 Å². The van der Waals surface area contributed by atoms with Gasteiger partial charge in [0, 0.05) is 6.20 Å². The molecule has 0 bridgehead atoms. The Hall–Kier alpha value is -1.88. The topological polar surface area (TPSA) is 59.2 Å². The molecular weight excluding hydrogens is 261 g/mol. The van der Waals surface area contributed by atoms with Crippen LogP contribution in [0.1, 0.15) is 17.3 Å². The standard InChI is InChI=1S/C12H9ClFNO3/c1-2-18-12(17)6-5-15-10-8(14)4-3-7(13)9(10)11(6)16/h3-5H,2H2,1H3,(H,15,16). The number of H-pyrrole nitrogens is 1. The number of carbonyl (C=O) groups excluding carboxylic acids is 1. The molecule has 0 amide bonds. The van der Waals surface area contributed by atoms with Crippen molar-refractivity contribution in [2.45, 2.75) is 6.92 Å². The van der Waals surface area contributed by atoms with E-state index in [1.165, 1.54) is 6.07 Å². The fourth-order valence-electron chi connectivity index (χ4n) is 1.62. The second-order valence-corrected chi connectivity index (χ2v) is 3.94. The SMILES string of the molecule is CCOC(=O)c1c[nH]c2c(F)ccc(Cl)c2c1=O. The van der Waals surface area contributed by atoms with Crippen molar-refractivity contribution in [2.75, 3.05) is 6.61 Å². The van der Waals surface area contributed by atoms with Crippen molar-refractivity contribution in [1.82, 2.24) is 4.98 Å². The fourth-order valence-corrected chi connectivity index (χ4v) is 1.86. The quantitative estimate of drug-likeness (QED) is 0.852. The highest BCUT2D eigenvalue weighted by molar-refractivity contribution is 6.35. The predicted octanol–water partition coefficient (Wildman–Crippen LogP) is 2.50. The smallest absolute Gasteiger partial charge is 0.343 e. The average Bonchev–Trinajstić information content (AvgIpc) is 2.34. The molecule has 0 radical (unpaired) electrons. The lowest BCUT2D eigenvalue weighted by atomic mass is 10.1. The largest absolute Gasteiger partial charge is 0.462 e. The first kappa shape index (κ1) is 12.6. The molecule has 6 heteroatoms. The molecule has 18 heavy (non-hydrogen) atoms. The normalized spacial score (nSPS) is 10.6. The lowest BCUT2D eigenvalue weighted by Crippen LogP contribution is -2.18. The third kappa shape index (κ3) is 1.97. The summed E-state index contributed by atoms with van der Waals surface area (Å²) in [5.41, 5.74) is -0.871. The summed E-state index contributed by atoms with van der Waals surface area (Å²) in [6.45, 7) is 1.77. The predicted molar refractivity (Wildman–Crippen MR) is 65.5 cm³/mol. The highest BCUT2D eigenvalue weighted by Gasteiger charge is 2.17. The van der Waals surface area contributed by atoms with Gasteiger partial charge in [-0.05, 0) is 19.1 Å². The lowest BCUT2D eigenvalue weighted by Gasteiger charge is -2.05. The molecule has 1 aromatic carbocycles. The van der Waals surface area contributed by atoms with Crippen molar-refractivity contribution >= 4 is 28.5 Å². The number of hydrogen-bond donors (Lipinski definition) is 1. The maximum atomic E-state index is 13.5. The number of ether oxygens (including phenoxy) is 1. The fraction of sp³-hybridized carbons (Fsp3) is 0.167. The molecule has 94 valence electrons. The molecule has 0 saturated heterocycles. The molecule has 1 heterocycles. The van der Waals surface area contributed by atoms with E-state index < -0.39 is 17.2 Å². The first-order chi connectivity index (χ1) is 8.56. The Labute approximate surface area is 106 Å². The van der Waals surface area contributed by atoms with Crippen LogP contribution >= 0.6 is 11.6 Å². The van der Waals surface area contributed by atoms with Gasteiger partial charge in [0.1, 0.15) is 11.4 Å². The second-order valence-electron chi connectivity index (χ2n) is 3.53. The molecule has 0 spiro atoms. The van der Waals surface area contributed by atoms with Crippen molar-refractivity contribution in [3.8, 4) is 0 Å². The molecule has 0 unspecified atom stereocenters. The number of hydrogen-bond acceptors (Lipinski definition) is 3. The summed E-state index contributed by atoms with van der Waals surface area (Å²) >= 11 is 5.85.